The lowest BCUT2D eigenvalue weighted by atomic mass is 10.3. The molecule has 4 rings (SSSR count). The zero-order chi connectivity index (χ0) is 16.5. The number of hydrogen-bond acceptors (Lipinski definition) is 5. The molecule has 7 nitrogen and oxygen atoms in total. The first-order valence-corrected chi connectivity index (χ1v) is 8.20. The monoisotopic (exact) mass is 322 g/mol. The van der Waals surface area contributed by atoms with E-state index in [9.17, 15) is 4.79 Å². The van der Waals surface area contributed by atoms with Crippen LogP contribution in [-0.4, -0.2) is 40.3 Å². The highest BCUT2D eigenvalue weighted by molar-refractivity contribution is 5.95. The van der Waals surface area contributed by atoms with E-state index in [0.29, 0.717) is 12.0 Å². The standard InChI is InChI=1S/C17H18N6O/c18-8-13-3-4-16(19-9-13)21-7-5-14(11-21)23-12-15(10-20-23)22-6-1-2-17(22)24/h3-4,9-10,12,14H,1-2,5-7,11H2. The molecule has 0 saturated carbocycles. The van der Waals surface area contributed by atoms with Crippen LogP contribution >= 0.6 is 0 Å². The Balaban J connectivity index is 1.46. The van der Waals surface area contributed by atoms with Crippen LogP contribution in [0.5, 0.6) is 0 Å². The van der Waals surface area contributed by atoms with Crippen molar-refractivity contribution < 1.29 is 4.79 Å². The van der Waals surface area contributed by atoms with Crippen molar-refractivity contribution in [2.24, 2.45) is 0 Å². The van der Waals surface area contributed by atoms with E-state index in [-0.39, 0.29) is 11.9 Å². The normalized spacial score (nSPS) is 20.6. The summed E-state index contributed by atoms with van der Waals surface area (Å²) >= 11 is 0. The average Bonchev–Trinajstić information content (AvgIpc) is 3.34. The number of pyridine rings is 1. The summed E-state index contributed by atoms with van der Waals surface area (Å²) in [7, 11) is 0. The van der Waals surface area contributed by atoms with E-state index in [2.05, 4.69) is 21.1 Å². The third kappa shape index (κ3) is 2.60. The van der Waals surface area contributed by atoms with Crippen molar-refractivity contribution in [3.63, 3.8) is 0 Å². The largest absolute Gasteiger partial charge is 0.354 e. The lowest BCUT2D eigenvalue weighted by Crippen LogP contribution is -2.23. The molecule has 0 aliphatic carbocycles. The van der Waals surface area contributed by atoms with E-state index < -0.39 is 0 Å². The number of hydrogen-bond donors (Lipinski definition) is 0. The second-order valence-electron chi connectivity index (χ2n) is 6.23. The van der Waals surface area contributed by atoms with Crippen LogP contribution in [0.1, 0.15) is 30.9 Å². The van der Waals surface area contributed by atoms with Crippen LogP contribution in [0, 0.1) is 11.3 Å². The van der Waals surface area contributed by atoms with Crippen molar-refractivity contribution >= 4 is 17.4 Å². The molecule has 2 saturated heterocycles. The van der Waals surface area contributed by atoms with Gasteiger partial charge in [-0.05, 0) is 25.0 Å². The Labute approximate surface area is 140 Å². The molecule has 24 heavy (non-hydrogen) atoms. The van der Waals surface area contributed by atoms with Crippen molar-refractivity contribution in [2.45, 2.75) is 25.3 Å². The minimum Gasteiger partial charge on any atom is -0.354 e. The molecule has 0 N–H and O–H groups in total. The van der Waals surface area contributed by atoms with Crippen LogP contribution in [0.3, 0.4) is 0 Å². The van der Waals surface area contributed by atoms with Gasteiger partial charge in [0.25, 0.3) is 0 Å². The van der Waals surface area contributed by atoms with Crippen molar-refractivity contribution in [1.82, 2.24) is 14.8 Å². The van der Waals surface area contributed by atoms with Gasteiger partial charge < -0.3 is 9.80 Å². The third-order valence-corrected chi connectivity index (χ3v) is 4.71. The molecule has 0 bridgehead atoms. The Bertz CT molecular complexity index is 790. The quantitative estimate of drug-likeness (QED) is 0.860. The van der Waals surface area contributed by atoms with E-state index in [0.717, 1.165) is 44.0 Å². The number of carbonyl (C=O) groups excluding carboxylic acids is 1. The first kappa shape index (κ1) is 14.7. The summed E-state index contributed by atoms with van der Waals surface area (Å²) in [5, 5.41) is 13.3. The van der Waals surface area contributed by atoms with Gasteiger partial charge in [-0.15, -0.1) is 0 Å². The number of nitrogens with zero attached hydrogens (tertiary/aromatic N) is 6. The van der Waals surface area contributed by atoms with E-state index >= 15 is 0 Å². The molecular formula is C17H18N6O. The minimum atomic E-state index is 0.185. The number of aromatic nitrogens is 3. The number of amides is 1. The molecule has 2 aromatic heterocycles. The van der Waals surface area contributed by atoms with Gasteiger partial charge in [0.15, 0.2) is 0 Å². The summed E-state index contributed by atoms with van der Waals surface area (Å²) in [4.78, 5) is 20.2. The maximum absolute atomic E-state index is 11.8. The molecule has 1 atom stereocenters. The topological polar surface area (TPSA) is 78.0 Å². The number of rotatable bonds is 3. The Morgan fingerprint density at radius 3 is 2.88 bits per heavy atom. The lowest BCUT2D eigenvalue weighted by molar-refractivity contribution is -0.117. The fourth-order valence-corrected chi connectivity index (χ4v) is 3.39. The van der Waals surface area contributed by atoms with Crippen LogP contribution in [0.15, 0.2) is 30.7 Å². The lowest BCUT2D eigenvalue weighted by Gasteiger charge is -2.17. The highest BCUT2D eigenvalue weighted by Crippen LogP contribution is 2.28. The molecule has 4 heterocycles. The predicted octanol–water partition coefficient (Wildman–Crippen LogP) is 1.73. The Kier molecular flexibility index (Phi) is 3.65. The van der Waals surface area contributed by atoms with Crippen molar-refractivity contribution in [2.75, 3.05) is 29.4 Å². The molecule has 1 amide bonds. The summed E-state index contributed by atoms with van der Waals surface area (Å²) in [6.07, 6.45) is 7.90. The van der Waals surface area contributed by atoms with Crippen LogP contribution in [0.4, 0.5) is 11.5 Å². The summed E-state index contributed by atoms with van der Waals surface area (Å²) in [5.41, 5.74) is 1.47. The highest BCUT2D eigenvalue weighted by atomic mass is 16.2. The van der Waals surface area contributed by atoms with Crippen molar-refractivity contribution in [3.8, 4) is 6.07 Å². The molecule has 2 aromatic rings. The van der Waals surface area contributed by atoms with Gasteiger partial charge in [0.2, 0.25) is 5.91 Å². The molecule has 0 radical (unpaired) electrons. The predicted molar refractivity (Wildman–Crippen MR) is 88.6 cm³/mol. The second kappa shape index (κ2) is 5.96. The van der Waals surface area contributed by atoms with Crippen LogP contribution in [0.2, 0.25) is 0 Å². The van der Waals surface area contributed by atoms with Crippen molar-refractivity contribution in [3.05, 3.63) is 36.3 Å². The zero-order valence-corrected chi connectivity index (χ0v) is 13.3. The molecule has 2 aliphatic rings. The Morgan fingerprint density at radius 2 is 2.17 bits per heavy atom. The number of anilines is 2. The van der Waals surface area contributed by atoms with Gasteiger partial charge in [0.05, 0.1) is 23.5 Å². The molecule has 7 heteroatoms. The fourth-order valence-electron chi connectivity index (χ4n) is 3.39. The average molecular weight is 322 g/mol. The van der Waals surface area contributed by atoms with Gasteiger partial charge >= 0.3 is 0 Å². The van der Waals surface area contributed by atoms with Gasteiger partial charge in [-0.2, -0.15) is 10.4 Å². The zero-order valence-electron chi connectivity index (χ0n) is 13.3. The molecule has 2 aliphatic heterocycles. The second-order valence-corrected chi connectivity index (χ2v) is 6.23. The number of carbonyl (C=O) groups is 1. The molecule has 122 valence electrons. The van der Waals surface area contributed by atoms with Crippen LogP contribution in [0.25, 0.3) is 0 Å². The molecular weight excluding hydrogens is 304 g/mol. The molecule has 2 fully saturated rings. The Morgan fingerprint density at radius 1 is 1.25 bits per heavy atom. The third-order valence-electron chi connectivity index (χ3n) is 4.71. The van der Waals surface area contributed by atoms with E-state index in [1.54, 1.807) is 18.5 Å². The van der Waals surface area contributed by atoms with Gasteiger partial charge in [0.1, 0.15) is 11.9 Å². The summed E-state index contributed by atoms with van der Waals surface area (Å²) in [6.45, 7) is 2.52. The van der Waals surface area contributed by atoms with Crippen molar-refractivity contribution in [1.29, 1.82) is 5.26 Å². The van der Waals surface area contributed by atoms with E-state index in [1.807, 2.05) is 21.8 Å². The molecule has 1 unspecified atom stereocenters. The maximum atomic E-state index is 11.8. The summed E-state index contributed by atoms with van der Waals surface area (Å²) < 4.78 is 1.96. The Hall–Kier alpha value is -2.88. The summed E-state index contributed by atoms with van der Waals surface area (Å²) in [5.74, 6) is 1.07. The first-order chi connectivity index (χ1) is 11.7. The van der Waals surface area contributed by atoms with Gasteiger partial charge in [-0.25, -0.2) is 4.98 Å². The van der Waals surface area contributed by atoms with Crippen LogP contribution < -0.4 is 9.80 Å². The van der Waals surface area contributed by atoms with Gasteiger partial charge in [-0.1, -0.05) is 0 Å². The first-order valence-electron chi connectivity index (χ1n) is 8.20. The highest BCUT2D eigenvalue weighted by Gasteiger charge is 2.27. The SMILES string of the molecule is N#Cc1ccc(N2CCC(n3cc(N4CCCC4=O)cn3)C2)nc1. The maximum Gasteiger partial charge on any atom is 0.227 e. The molecule has 0 spiro atoms. The van der Waals surface area contributed by atoms with Gasteiger partial charge in [-0.3, -0.25) is 9.48 Å². The fraction of sp³-hybridized carbons (Fsp3) is 0.412. The number of nitriles is 1. The summed E-state index contributed by atoms with van der Waals surface area (Å²) in [6, 6.07) is 6.04. The minimum absolute atomic E-state index is 0.185. The van der Waals surface area contributed by atoms with E-state index in [1.165, 1.54) is 0 Å². The molecule has 0 aromatic carbocycles. The van der Waals surface area contributed by atoms with E-state index in [4.69, 9.17) is 5.26 Å². The smallest absolute Gasteiger partial charge is 0.227 e. The van der Waals surface area contributed by atoms with Crippen LogP contribution in [-0.2, 0) is 4.79 Å². The van der Waals surface area contributed by atoms with Gasteiger partial charge in [0, 0.05) is 38.4 Å².